The molecule has 0 amide bonds. The Morgan fingerprint density at radius 1 is 1.18 bits per heavy atom. The van der Waals surface area contributed by atoms with Crippen LogP contribution in [0.25, 0.3) is 0 Å². The summed E-state index contributed by atoms with van der Waals surface area (Å²) in [7, 11) is 0. The van der Waals surface area contributed by atoms with Gasteiger partial charge in [0.05, 0.1) is 0 Å². The Labute approximate surface area is 106 Å². The third kappa shape index (κ3) is 1.87. The van der Waals surface area contributed by atoms with Gasteiger partial charge in [0.1, 0.15) is 0 Å². The van der Waals surface area contributed by atoms with Gasteiger partial charge >= 0.3 is 0 Å². The highest BCUT2D eigenvalue weighted by molar-refractivity contribution is 5.11. The van der Waals surface area contributed by atoms with E-state index in [4.69, 9.17) is 5.73 Å². The maximum atomic E-state index is 6.16. The molecule has 4 rings (SSSR count). The first-order valence-corrected chi connectivity index (χ1v) is 7.24. The lowest BCUT2D eigenvalue weighted by Crippen LogP contribution is -2.56. The van der Waals surface area contributed by atoms with Crippen molar-refractivity contribution >= 4 is 0 Å². The normalized spacial score (nSPS) is 53.7. The SMILES string of the molecule is C=CC(N)CC12CC3CC(C)(CC(C)(C3)C1)C2. The first-order valence-electron chi connectivity index (χ1n) is 7.24. The first-order chi connectivity index (χ1) is 7.86. The van der Waals surface area contributed by atoms with Crippen LogP contribution in [0.1, 0.15) is 58.8 Å². The molecule has 4 bridgehead atoms. The van der Waals surface area contributed by atoms with Gasteiger partial charge in [-0.05, 0) is 67.1 Å². The molecule has 1 nitrogen and oxygen atoms in total. The monoisotopic (exact) mass is 233 g/mol. The molecule has 4 fully saturated rings. The summed E-state index contributed by atoms with van der Waals surface area (Å²) in [6, 6.07) is 0.207. The van der Waals surface area contributed by atoms with E-state index in [1.807, 2.05) is 6.08 Å². The summed E-state index contributed by atoms with van der Waals surface area (Å²) >= 11 is 0. The molecule has 4 aliphatic rings. The Morgan fingerprint density at radius 2 is 1.76 bits per heavy atom. The van der Waals surface area contributed by atoms with E-state index in [9.17, 15) is 0 Å². The summed E-state index contributed by atoms with van der Waals surface area (Å²) in [5, 5.41) is 0. The minimum Gasteiger partial charge on any atom is -0.324 e. The Morgan fingerprint density at radius 3 is 2.24 bits per heavy atom. The van der Waals surface area contributed by atoms with Gasteiger partial charge in [-0.1, -0.05) is 19.9 Å². The number of hydrogen-bond acceptors (Lipinski definition) is 1. The maximum Gasteiger partial charge on any atom is 0.0226 e. The van der Waals surface area contributed by atoms with Crippen LogP contribution < -0.4 is 5.73 Å². The number of nitrogens with two attached hydrogens (primary N) is 1. The molecule has 4 saturated carbocycles. The van der Waals surface area contributed by atoms with Crippen molar-refractivity contribution in [3.8, 4) is 0 Å². The molecule has 0 radical (unpaired) electrons. The van der Waals surface area contributed by atoms with E-state index in [1.54, 1.807) is 0 Å². The molecule has 0 saturated heterocycles. The Balaban J connectivity index is 1.89. The Hall–Kier alpha value is -0.300. The van der Waals surface area contributed by atoms with Gasteiger partial charge in [-0.25, -0.2) is 0 Å². The third-order valence-electron chi connectivity index (χ3n) is 5.71. The number of rotatable bonds is 3. The fraction of sp³-hybridized carbons (Fsp3) is 0.875. The maximum absolute atomic E-state index is 6.16. The highest BCUT2D eigenvalue weighted by atomic mass is 14.7. The van der Waals surface area contributed by atoms with Gasteiger partial charge in [-0.3, -0.25) is 0 Å². The van der Waals surface area contributed by atoms with E-state index in [1.165, 1.54) is 44.9 Å². The van der Waals surface area contributed by atoms with Gasteiger partial charge in [0, 0.05) is 6.04 Å². The van der Waals surface area contributed by atoms with Crippen molar-refractivity contribution in [2.75, 3.05) is 0 Å². The molecule has 0 aliphatic heterocycles. The molecular weight excluding hydrogens is 206 g/mol. The molecule has 0 aromatic rings. The standard InChI is InChI=1S/C16H27N/c1-4-13(17)8-16-7-12-5-14(2,10-16)9-15(3,6-12)11-16/h4,12-13H,1,5-11,17H2,2-3H3. The van der Waals surface area contributed by atoms with E-state index < -0.39 is 0 Å². The molecule has 0 heterocycles. The van der Waals surface area contributed by atoms with Crippen LogP contribution in [0.5, 0.6) is 0 Å². The van der Waals surface area contributed by atoms with E-state index in [-0.39, 0.29) is 6.04 Å². The van der Waals surface area contributed by atoms with Crippen molar-refractivity contribution in [1.29, 1.82) is 0 Å². The van der Waals surface area contributed by atoms with Crippen molar-refractivity contribution in [1.82, 2.24) is 0 Å². The van der Waals surface area contributed by atoms with Crippen molar-refractivity contribution < 1.29 is 0 Å². The minimum atomic E-state index is 0.207. The molecule has 0 spiro atoms. The first kappa shape index (κ1) is 11.8. The second kappa shape index (κ2) is 3.38. The molecule has 0 aromatic carbocycles. The summed E-state index contributed by atoms with van der Waals surface area (Å²) in [5.41, 5.74) is 7.95. The third-order valence-corrected chi connectivity index (χ3v) is 5.71. The van der Waals surface area contributed by atoms with Crippen molar-refractivity contribution in [2.45, 2.75) is 64.8 Å². The topological polar surface area (TPSA) is 26.0 Å². The molecule has 17 heavy (non-hydrogen) atoms. The fourth-order valence-corrected chi connectivity index (χ4v) is 6.50. The minimum absolute atomic E-state index is 0.207. The van der Waals surface area contributed by atoms with Crippen LogP contribution in [0.3, 0.4) is 0 Å². The number of hydrogen-bond donors (Lipinski definition) is 1. The van der Waals surface area contributed by atoms with Crippen molar-refractivity contribution in [2.24, 2.45) is 27.9 Å². The lowest BCUT2D eigenvalue weighted by Gasteiger charge is -2.66. The van der Waals surface area contributed by atoms with Crippen LogP contribution in [0.15, 0.2) is 12.7 Å². The summed E-state index contributed by atoms with van der Waals surface area (Å²) in [6.45, 7) is 8.93. The lowest BCUT2D eigenvalue weighted by atomic mass is 9.39. The van der Waals surface area contributed by atoms with Crippen molar-refractivity contribution in [3.05, 3.63) is 12.7 Å². The zero-order chi connectivity index (χ0) is 12.3. The van der Waals surface area contributed by atoms with Crippen LogP contribution in [0.2, 0.25) is 0 Å². The zero-order valence-corrected chi connectivity index (χ0v) is 11.5. The molecule has 96 valence electrons. The van der Waals surface area contributed by atoms with E-state index >= 15 is 0 Å². The summed E-state index contributed by atoms with van der Waals surface area (Å²) in [6.07, 6.45) is 11.8. The second-order valence-corrected chi connectivity index (χ2v) is 8.23. The summed E-state index contributed by atoms with van der Waals surface area (Å²) < 4.78 is 0. The average molecular weight is 233 g/mol. The van der Waals surface area contributed by atoms with Gasteiger partial charge in [0.25, 0.3) is 0 Å². The molecule has 1 heteroatoms. The molecule has 4 aliphatic carbocycles. The predicted molar refractivity (Wildman–Crippen MR) is 72.6 cm³/mol. The fourth-order valence-electron chi connectivity index (χ4n) is 6.50. The van der Waals surface area contributed by atoms with Crippen molar-refractivity contribution in [3.63, 3.8) is 0 Å². The quantitative estimate of drug-likeness (QED) is 0.735. The second-order valence-electron chi connectivity index (χ2n) is 8.23. The molecule has 2 N–H and O–H groups in total. The summed E-state index contributed by atoms with van der Waals surface area (Å²) in [5.74, 6) is 0.985. The van der Waals surface area contributed by atoms with E-state index in [2.05, 4.69) is 20.4 Å². The van der Waals surface area contributed by atoms with Gasteiger partial charge in [0.2, 0.25) is 0 Å². The van der Waals surface area contributed by atoms with Crippen LogP contribution >= 0.6 is 0 Å². The average Bonchev–Trinajstić information content (AvgIpc) is 2.10. The lowest BCUT2D eigenvalue weighted by molar-refractivity contribution is -0.148. The Kier molecular flexibility index (Phi) is 2.34. The van der Waals surface area contributed by atoms with E-state index in [0.717, 1.165) is 5.92 Å². The van der Waals surface area contributed by atoms with Crippen LogP contribution in [0.4, 0.5) is 0 Å². The molecular formula is C16H27N. The van der Waals surface area contributed by atoms with Crippen LogP contribution in [0, 0.1) is 22.2 Å². The van der Waals surface area contributed by atoms with Gasteiger partial charge in [0.15, 0.2) is 0 Å². The highest BCUT2D eigenvalue weighted by Crippen LogP contribution is 2.70. The summed E-state index contributed by atoms with van der Waals surface area (Å²) in [4.78, 5) is 0. The van der Waals surface area contributed by atoms with E-state index in [0.29, 0.717) is 16.2 Å². The highest BCUT2D eigenvalue weighted by Gasteiger charge is 2.59. The molecule has 0 aromatic heterocycles. The molecule has 3 unspecified atom stereocenters. The van der Waals surface area contributed by atoms with Gasteiger partial charge < -0.3 is 5.73 Å². The predicted octanol–water partition coefficient (Wildman–Crippen LogP) is 3.89. The van der Waals surface area contributed by atoms with Gasteiger partial charge in [-0.2, -0.15) is 0 Å². The smallest absolute Gasteiger partial charge is 0.0226 e. The molecule has 3 atom stereocenters. The van der Waals surface area contributed by atoms with Gasteiger partial charge in [-0.15, -0.1) is 6.58 Å². The van der Waals surface area contributed by atoms with Crippen LogP contribution in [-0.4, -0.2) is 6.04 Å². The zero-order valence-electron chi connectivity index (χ0n) is 11.5. The Bertz CT molecular complexity index is 327. The van der Waals surface area contributed by atoms with Crippen LogP contribution in [-0.2, 0) is 0 Å². The largest absolute Gasteiger partial charge is 0.324 e.